The van der Waals surface area contributed by atoms with Crippen LogP contribution >= 0.6 is 0 Å². The van der Waals surface area contributed by atoms with Crippen LogP contribution < -0.4 is 10.1 Å². The molecule has 0 aliphatic heterocycles. The average molecular weight is 385 g/mol. The highest BCUT2D eigenvalue weighted by Gasteiger charge is 2.12. The van der Waals surface area contributed by atoms with Crippen molar-refractivity contribution in [1.82, 2.24) is 15.1 Å². The van der Waals surface area contributed by atoms with Gasteiger partial charge in [-0.2, -0.15) is 5.10 Å². The molecule has 0 aliphatic carbocycles. The van der Waals surface area contributed by atoms with Crippen molar-refractivity contribution in [3.8, 4) is 11.4 Å². The van der Waals surface area contributed by atoms with Gasteiger partial charge in [0.15, 0.2) is 0 Å². The van der Waals surface area contributed by atoms with E-state index in [1.165, 1.54) is 0 Å². The van der Waals surface area contributed by atoms with Crippen molar-refractivity contribution in [2.45, 2.75) is 20.4 Å². The lowest BCUT2D eigenvalue weighted by Crippen LogP contribution is -2.23. The Bertz CT molecular complexity index is 1180. The van der Waals surface area contributed by atoms with Crippen LogP contribution in [0, 0.1) is 13.8 Å². The maximum absolute atomic E-state index is 12.7. The van der Waals surface area contributed by atoms with Crippen molar-refractivity contribution in [1.29, 1.82) is 0 Å². The Labute approximate surface area is 169 Å². The molecule has 0 aliphatic rings. The molecular weight excluding hydrogens is 362 g/mol. The minimum atomic E-state index is -0.125. The molecule has 0 unspecified atom stereocenters. The summed E-state index contributed by atoms with van der Waals surface area (Å²) >= 11 is 0. The fourth-order valence-electron chi connectivity index (χ4n) is 3.60. The molecule has 29 heavy (non-hydrogen) atoms. The summed E-state index contributed by atoms with van der Waals surface area (Å²) in [6, 6.07) is 21.5. The molecule has 5 heteroatoms. The maximum Gasteiger partial charge on any atom is 0.251 e. The van der Waals surface area contributed by atoms with Gasteiger partial charge >= 0.3 is 0 Å². The van der Waals surface area contributed by atoms with Gasteiger partial charge in [0.05, 0.1) is 18.5 Å². The number of hydrogen-bond donors (Lipinski definition) is 1. The van der Waals surface area contributed by atoms with E-state index < -0.39 is 0 Å². The van der Waals surface area contributed by atoms with Crippen molar-refractivity contribution in [2.75, 3.05) is 7.11 Å². The van der Waals surface area contributed by atoms with Gasteiger partial charge in [0.2, 0.25) is 0 Å². The van der Waals surface area contributed by atoms with E-state index in [4.69, 9.17) is 4.74 Å². The quantitative estimate of drug-likeness (QED) is 0.547. The predicted octanol–water partition coefficient (Wildman–Crippen LogP) is 4.58. The molecule has 1 amide bonds. The monoisotopic (exact) mass is 385 g/mol. The molecule has 0 atom stereocenters. The number of benzene rings is 3. The number of aryl methyl sites for hydroxylation is 2. The zero-order chi connectivity index (χ0) is 20.4. The van der Waals surface area contributed by atoms with Gasteiger partial charge in [0.1, 0.15) is 5.75 Å². The van der Waals surface area contributed by atoms with Crippen LogP contribution in [-0.2, 0) is 6.54 Å². The lowest BCUT2D eigenvalue weighted by atomic mass is 10.0. The smallest absolute Gasteiger partial charge is 0.251 e. The number of carbonyl (C=O) groups is 1. The van der Waals surface area contributed by atoms with Crippen LogP contribution in [0.1, 0.15) is 27.3 Å². The highest BCUT2D eigenvalue weighted by molar-refractivity contribution is 5.95. The molecule has 4 aromatic rings. The van der Waals surface area contributed by atoms with Gasteiger partial charge in [-0.05, 0) is 61.0 Å². The topological polar surface area (TPSA) is 56.1 Å². The minimum Gasteiger partial charge on any atom is -0.496 e. The molecule has 1 N–H and O–H groups in total. The fraction of sp³-hybridized carbons (Fsp3) is 0.167. The van der Waals surface area contributed by atoms with Crippen LogP contribution in [0.5, 0.6) is 5.75 Å². The first-order chi connectivity index (χ1) is 14.1. The SMILES string of the molecule is COc1ccc2ccccc2c1CNC(=O)c1ccc(-n2nc(C)cc2C)cc1. The van der Waals surface area contributed by atoms with E-state index in [1.807, 2.05) is 79.2 Å². The Morgan fingerprint density at radius 1 is 1.03 bits per heavy atom. The van der Waals surface area contributed by atoms with E-state index >= 15 is 0 Å². The van der Waals surface area contributed by atoms with Crippen LogP contribution in [0.25, 0.3) is 16.5 Å². The molecule has 5 nitrogen and oxygen atoms in total. The summed E-state index contributed by atoms with van der Waals surface area (Å²) in [5.74, 6) is 0.642. The zero-order valence-electron chi connectivity index (χ0n) is 16.8. The van der Waals surface area contributed by atoms with Crippen molar-refractivity contribution >= 4 is 16.7 Å². The van der Waals surface area contributed by atoms with Gasteiger partial charge in [-0.1, -0.05) is 30.3 Å². The van der Waals surface area contributed by atoms with Gasteiger partial charge in [0.25, 0.3) is 5.91 Å². The maximum atomic E-state index is 12.7. The van der Waals surface area contributed by atoms with Crippen LogP contribution in [0.4, 0.5) is 0 Å². The summed E-state index contributed by atoms with van der Waals surface area (Å²) in [6.07, 6.45) is 0. The zero-order valence-corrected chi connectivity index (χ0v) is 16.8. The van der Waals surface area contributed by atoms with Crippen LogP contribution in [0.3, 0.4) is 0 Å². The first kappa shape index (κ1) is 18.7. The molecule has 146 valence electrons. The normalized spacial score (nSPS) is 10.9. The number of nitrogens with one attached hydrogen (secondary N) is 1. The number of amides is 1. The molecule has 0 saturated carbocycles. The van der Waals surface area contributed by atoms with E-state index in [0.29, 0.717) is 12.1 Å². The third-order valence-electron chi connectivity index (χ3n) is 5.03. The highest BCUT2D eigenvalue weighted by Crippen LogP contribution is 2.27. The molecule has 0 saturated heterocycles. The third kappa shape index (κ3) is 3.72. The van der Waals surface area contributed by atoms with Crippen LogP contribution in [-0.4, -0.2) is 22.8 Å². The number of ether oxygens (including phenoxy) is 1. The van der Waals surface area contributed by atoms with Crippen LogP contribution in [0.15, 0.2) is 66.7 Å². The largest absolute Gasteiger partial charge is 0.496 e. The predicted molar refractivity (Wildman–Crippen MR) is 115 cm³/mol. The van der Waals surface area contributed by atoms with Crippen molar-refractivity contribution < 1.29 is 9.53 Å². The molecule has 0 bridgehead atoms. The number of rotatable bonds is 5. The van der Waals surface area contributed by atoms with E-state index in [2.05, 4.69) is 16.5 Å². The molecule has 0 fully saturated rings. The second-order valence-electron chi connectivity index (χ2n) is 7.04. The number of fused-ring (bicyclic) bond motifs is 1. The number of hydrogen-bond acceptors (Lipinski definition) is 3. The van der Waals surface area contributed by atoms with Gasteiger partial charge < -0.3 is 10.1 Å². The summed E-state index contributed by atoms with van der Waals surface area (Å²) in [5.41, 5.74) is 4.53. The van der Waals surface area contributed by atoms with Gasteiger partial charge in [-0.3, -0.25) is 4.79 Å². The van der Waals surface area contributed by atoms with Crippen molar-refractivity contribution in [2.24, 2.45) is 0 Å². The minimum absolute atomic E-state index is 0.125. The second kappa shape index (κ2) is 7.80. The van der Waals surface area contributed by atoms with E-state index in [-0.39, 0.29) is 5.91 Å². The lowest BCUT2D eigenvalue weighted by molar-refractivity contribution is 0.0951. The van der Waals surface area contributed by atoms with Crippen molar-refractivity contribution in [3.05, 3.63) is 89.2 Å². The van der Waals surface area contributed by atoms with Crippen molar-refractivity contribution in [3.63, 3.8) is 0 Å². The third-order valence-corrected chi connectivity index (χ3v) is 5.03. The molecule has 1 aromatic heterocycles. The summed E-state index contributed by atoms with van der Waals surface area (Å²) in [6.45, 7) is 4.37. The molecule has 1 heterocycles. The molecular formula is C24H23N3O2. The average Bonchev–Trinajstić information content (AvgIpc) is 3.09. The summed E-state index contributed by atoms with van der Waals surface area (Å²) in [7, 11) is 1.65. The molecule has 3 aromatic carbocycles. The lowest BCUT2D eigenvalue weighted by Gasteiger charge is -2.13. The second-order valence-corrected chi connectivity index (χ2v) is 7.04. The van der Waals surface area contributed by atoms with Gasteiger partial charge in [0, 0.05) is 23.4 Å². The van der Waals surface area contributed by atoms with E-state index in [1.54, 1.807) is 7.11 Å². The Morgan fingerprint density at radius 3 is 2.48 bits per heavy atom. The first-order valence-corrected chi connectivity index (χ1v) is 9.53. The standard InChI is InChI=1S/C24H23N3O2/c1-16-14-17(2)27(26-16)20-11-8-19(9-12-20)24(28)25-15-22-21-7-5-4-6-18(21)10-13-23(22)29-3/h4-14H,15H2,1-3H3,(H,25,28). The molecule has 0 spiro atoms. The first-order valence-electron chi connectivity index (χ1n) is 9.53. The van der Waals surface area contributed by atoms with Crippen LogP contribution in [0.2, 0.25) is 0 Å². The fourth-order valence-corrected chi connectivity index (χ4v) is 3.60. The Kier molecular flexibility index (Phi) is 5.04. The Hall–Kier alpha value is -3.60. The summed E-state index contributed by atoms with van der Waals surface area (Å²) in [4.78, 5) is 12.7. The summed E-state index contributed by atoms with van der Waals surface area (Å²) in [5, 5.41) is 9.69. The van der Waals surface area contributed by atoms with Gasteiger partial charge in [-0.25, -0.2) is 4.68 Å². The molecule has 0 radical (unpaired) electrons. The number of methoxy groups -OCH3 is 1. The highest BCUT2D eigenvalue weighted by atomic mass is 16.5. The molecule has 4 rings (SSSR count). The van der Waals surface area contributed by atoms with E-state index in [0.717, 1.165) is 39.2 Å². The number of carbonyl (C=O) groups excluding carboxylic acids is 1. The summed E-state index contributed by atoms with van der Waals surface area (Å²) < 4.78 is 7.38. The Balaban J connectivity index is 1.53. The Morgan fingerprint density at radius 2 is 1.79 bits per heavy atom. The van der Waals surface area contributed by atoms with Gasteiger partial charge in [-0.15, -0.1) is 0 Å². The number of nitrogens with zero attached hydrogens (tertiary/aromatic N) is 2. The number of aromatic nitrogens is 2. The van der Waals surface area contributed by atoms with E-state index in [9.17, 15) is 4.79 Å².